The molecule has 0 radical (unpaired) electrons. The Labute approximate surface area is 125 Å². The molecule has 1 heterocycles. The van der Waals surface area contributed by atoms with E-state index in [-0.39, 0.29) is 5.41 Å². The standard InChI is InChI=1S/C16H21ClN2O/c1-16(2,3)14-12-15(17)19(18-14)10-7-11-20-13-8-5-4-6-9-13/h4-6,8-9,12H,7,10-11H2,1-3H3. The van der Waals surface area contributed by atoms with Crippen molar-refractivity contribution in [3.63, 3.8) is 0 Å². The number of para-hydroxylation sites is 1. The van der Waals surface area contributed by atoms with Gasteiger partial charge < -0.3 is 4.74 Å². The highest BCUT2D eigenvalue weighted by Crippen LogP contribution is 2.24. The van der Waals surface area contributed by atoms with Crippen LogP contribution in [0.2, 0.25) is 5.15 Å². The Hall–Kier alpha value is -1.48. The van der Waals surface area contributed by atoms with E-state index in [9.17, 15) is 0 Å². The van der Waals surface area contributed by atoms with Gasteiger partial charge in [0.2, 0.25) is 0 Å². The normalized spacial score (nSPS) is 11.6. The molecule has 0 saturated carbocycles. The lowest BCUT2D eigenvalue weighted by Gasteiger charge is -2.14. The average molecular weight is 293 g/mol. The first kappa shape index (κ1) is 14.9. The van der Waals surface area contributed by atoms with Crippen molar-refractivity contribution in [1.82, 2.24) is 9.78 Å². The van der Waals surface area contributed by atoms with Crippen molar-refractivity contribution >= 4 is 11.6 Å². The summed E-state index contributed by atoms with van der Waals surface area (Å²) in [5.74, 6) is 0.898. The first-order valence-electron chi connectivity index (χ1n) is 6.88. The van der Waals surface area contributed by atoms with Crippen LogP contribution in [0.3, 0.4) is 0 Å². The fraction of sp³-hybridized carbons (Fsp3) is 0.438. The van der Waals surface area contributed by atoms with E-state index in [0.29, 0.717) is 11.8 Å². The molecule has 0 amide bonds. The first-order valence-corrected chi connectivity index (χ1v) is 7.26. The summed E-state index contributed by atoms with van der Waals surface area (Å²) in [7, 11) is 0. The van der Waals surface area contributed by atoms with Crippen molar-refractivity contribution < 1.29 is 4.74 Å². The van der Waals surface area contributed by atoms with Gasteiger partial charge in [-0.05, 0) is 18.2 Å². The number of halogens is 1. The Morgan fingerprint density at radius 3 is 2.50 bits per heavy atom. The summed E-state index contributed by atoms with van der Waals surface area (Å²) in [6, 6.07) is 11.8. The van der Waals surface area contributed by atoms with Gasteiger partial charge in [0.1, 0.15) is 10.9 Å². The lowest BCUT2D eigenvalue weighted by Crippen LogP contribution is -2.13. The summed E-state index contributed by atoms with van der Waals surface area (Å²) in [5, 5.41) is 5.24. The second kappa shape index (κ2) is 6.31. The Morgan fingerprint density at radius 2 is 1.90 bits per heavy atom. The molecule has 2 rings (SSSR count). The molecule has 0 fully saturated rings. The summed E-state index contributed by atoms with van der Waals surface area (Å²) >= 11 is 6.21. The van der Waals surface area contributed by atoms with Crippen LogP contribution in [0.4, 0.5) is 0 Å². The van der Waals surface area contributed by atoms with Gasteiger partial charge >= 0.3 is 0 Å². The van der Waals surface area contributed by atoms with E-state index >= 15 is 0 Å². The lowest BCUT2D eigenvalue weighted by atomic mass is 9.93. The fourth-order valence-electron chi connectivity index (χ4n) is 1.84. The fourth-order valence-corrected chi connectivity index (χ4v) is 2.06. The van der Waals surface area contributed by atoms with Crippen LogP contribution in [0.25, 0.3) is 0 Å². The van der Waals surface area contributed by atoms with Gasteiger partial charge in [0.05, 0.1) is 12.3 Å². The van der Waals surface area contributed by atoms with Gasteiger partial charge in [0, 0.05) is 18.4 Å². The number of aryl methyl sites for hydroxylation is 1. The number of hydrogen-bond donors (Lipinski definition) is 0. The van der Waals surface area contributed by atoms with Gasteiger partial charge in [-0.2, -0.15) is 5.10 Å². The SMILES string of the molecule is CC(C)(C)c1cc(Cl)n(CCCOc2ccccc2)n1. The van der Waals surface area contributed by atoms with E-state index in [2.05, 4.69) is 25.9 Å². The van der Waals surface area contributed by atoms with Crippen molar-refractivity contribution in [1.29, 1.82) is 0 Å². The molecule has 0 spiro atoms. The number of hydrogen-bond acceptors (Lipinski definition) is 2. The number of rotatable bonds is 5. The van der Waals surface area contributed by atoms with Crippen molar-refractivity contribution in [2.45, 2.75) is 39.2 Å². The average Bonchev–Trinajstić information content (AvgIpc) is 2.77. The molecule has 0 N–H and O–H groups in total. The molecular weight excluding hydrogens is 272 g/mol. The molecule has 108 valence electrons. The zero-order chi connectivity index (χ0) is 14.6. The van der Waals surface area contributed by atoms with E-state index in [0.717, 1.165) is 24.4 Å². The Kier molecular flexibility index (Phi) is 4.71. The zero-order valence-electron chi connectivity index (χ0n) is 12.3. The number of aromatic nitrogens is 2. The summed E-state index contributed by atoms with van der Waals surface area (Å²) in [4.78, 5) is 0. The van der Waals surface area contributed by atoms with Gasteiger partial charge in [-0.25, -0.2) is 0 Å². The third-order valence-electron chi connectivity index (χ3n) is 3.03. The molecular formula is C16H21ClN2O. The number of nitrogens with zero attached hydrogens (tertiary/aromatic N) is 2. The molecule has 20 heavy (non-hydrogen) atoms. The molecule has 0 aliphatic rings. The molecule has 0 aliphatic heterocycles. The van der Waals surface area contributed by atoms with E-state index in [4.69, 9.17) is 16.3 Å². The summed E-state index contributed by atoms with van der Waals surface area (Å²) < 4.78 is 7.50. The third-order valence-corrected chi connectivity index (χ3v) is 3.33. The van der Waals surface area contributed by atoms with Crippen molar-refractivity contribution in [3.8, 4) is 5.75 Å². The minimum Gasteiger partial charge on any atom is -0.494 e. The van der Waals surface area contributed by atoms with Crippen LogP contribution in [-0.4, -0.2) is 16.4 Å². The molecule has 0 saturated heterocycles. The molecule has 3 nitrogen and oxygen atoms in total. The molecule has 1 aromatic carbocycles. The van der Waals surface area contributed by atoms with Gasteiger partial charge in [-0.1, -0.05) is 50.6 Å². The Bertz CT molecular complexity index is 543. The molecule has 0 atom stereocenters. The van der Waals surface area contributed by atoms with Crippen molar-refractivity contribution in [2.75, 3.05) is 6.61 Å². The maximum absolute atomic E-state index is 6.21. The topological polar surface area (TPSA) is 27.1 Å². The summed E-state index contributed by atoms with van der Waals surface area (Å²) in [6.07, 6.45) is 0.875. The number of benzene rings is 1. The minimum absolute atomic E-state index is 0.0232. The molecule has 0 aliphatic carbocycles. The van der Waals surface area contributed by atoms with Crippen LogP contribution < -0.4 is 4.74 Å². The summed E-state index contributed by atoms with van der Waals surface area (Å²) in [5.41, 5.74) is 1.04. The highest BCUT2D eigenvalue weighted by molar-refractivity contribution is 6.29. The second-order valence-corrected chi connectivity index (χ2v) is 6.23. The van der Waals surface area contributed by atoms with Crippen LogP contribution in [0, 0.1) is 0 Å². The van der Waals surface area contributed by atoms with Crippen LogP contribution in [0.1, 0.15) is 32.9 Å². The van der Waals surface area contributed by atoms with Crippen LogP contribution >= 0.6 is 11.6 Å². The van der Waals surface area contributed by atoms with Crippen LogP contribution in [-0.2, 0) is 12.0 Å². The smallest absolute Gasteiger partial charge is 0.127 e. The van der Waals surface area contributed by atoms with Crippen molar-refractivity contribution in [2.24, 2.45) is 0 Å². The zero-order valence-corrected chi connectivity index (χ0v) is 13.0. The highest BCUT2D eigenvalue weighted by Gasteiger charge is 2.18. The van der Waals surface area contributed by atoms with Crippen molar-refractivity contribution in [3.05, 3.63) is 47.2 Å². The van der Waals surface area contributed by atoms with Gasteiger partial charge in [-0.3, -0.25) is 4.68 Å². The Morgan fingerprint density at radius 1 is 1.20 bits per heavy atom. The maximum Gasteiger partial charge on any atom is 0.127 e. The van der Waals surface area contributed by atoms with E-state index in [1.165, 1.54) is 0 Å². The largest absolute Gasteiger partial charge is 0.494 e. The second-order valence-electron chi connectivity index (χ2n) is 5.84. The molecule has 0 unspecified atom stereocenters. The van der Waals surface area contributed by atoms with Gasteiger partial charge in [-0.15, -0.1) is 0 Å². The minimum atomic E-state index is 0.0232. The van der Waals surface area contributed by atoms with E-state index in [1.807, 2.05) is 41.1 Å². The molecule has 4 heteroatoms. The quantitative estimate of drug-likeness (QED) is 0.768. The highest BCUT2D eigenvalue weighted by atomic mass is 35.5. The van der Waals surface area contributed by atoms with Crippen LogP contribution in [0.5, 0.6) is 5.75 Å². The first-order chi connectivity index (χ1) is 9.47. The third kappa shape index (κ3) is 4.01. The maximum atomic E-state index is 6.21. The Balaban J connectivity index is 1.84. The molecule has 1 aromatic heterocycles. The van der Waals surface area contributed by atoms with E-state index < -0.39 is 0 Å². The molecule has 2 aromatic rings. The van der Waals surface area contributed by atoms with Gasteiger partial charge in [0.15, 0.2) is 0 Å². The predicted molar refractivity (Wildman–Crippen MR) is 82.5 cm³/mol. The van der Waals surface area contributed by atoms with Gasteiger partial charge in [0.25, 0.3) is 0 Å². The lowest BCUT2D eigenvalue weighted by molar-refractivity contribution is 0.298. The van der Waals surface area contributed by atoms with Crippen LogP contribution in [0.15, 0.2) is 36.4 Å². The summed E-state index contributed by atoms with van der Waals surface area (Å²) in [6.45, 7) is 7.82. The number of ether oxygens (including phenoxy) is 1. The molecule has 0 bridgehead atoms. The monoisotopic (exact) mass is 292 g/mol. The predicted octanol–water partition coefficient (Wildman–Crippen LogP) is 4.30. The van der Waals surface area contributed by atoms with E-state index in [1.54, 1.807) is 0 Å².